The van der Waals surface area contributed by atoms with Crippen molar-refractivity contribution in [3.8, 4) is 0 Å². The molecule has 3 nitrogen and oxygen atoms in total. The molecule has 3 rings (SSSR count). The maximum Gasteiger partial charge on any atom is 0.430 e. The van der Waals surface area contributed by atoms with Gasteiger partial charge in [-0.2, -0.15) is 26.3 Å². The predicted octanol–water partition coefficient (Wildman–Crippen LogP) is 5.47. The van der Waals surface area contributed by atoms with Crippen LogP contribution in [-0.2, 0) is 16.8 Å². The molecule has 1 N–H and O–H groups in total. The fraction of sp³-hybridized carbons (Fsp3) is 0.409. The standard InChI is InChI=1S/C22H21F6NO2/c1-14(15-7-3-2-4-8-15)19(30)29-12-6-5-9-16-13-17(10-11-18(16)29)20(31,21(23,24)25)22(26,27)28/h2-4,7-8,10-11,13-14,31H,5-6,9,12H2,1H3/t14-/m1/s1. The molecular weight excluding hydrogens is 424 g/mol. The SMILES string of the molecule is C[C@@H](C(=O)N1CCCCc2cc(C(O)(C(F)(F)F)C(F)(F)F)ccc21)c1ccccc1. The van der Waals surface area contributed by atoms with Gasteiger partial charge in [0.2, 0.25) is 5.91 Å². The van der Waals surface area contributed by atoms with E-state index in [4.69, 9.17) is 0 Å². The number of hydrogen-bond donors (Lipinski definition) is 1. The van der Waals surface area contributed by atoms with E-state index in [0.29, 0.717) is 25.5 Å². The molecule has 0 spiro atoms. The predicted molar refractivity (Wildman–Crippen MR) is 103 cm³/mol. The summed E-state index contributed by atoms with van der Waals surface area (Å²) in [5.41, 5.74) is -5.13. The molecule has 0 aromatic heterocycles. The van der Waals surface area contributed by atoms with Gasteiger partial charge in [0.1, 0.15) is 0 Å². The number of carbonyl (C=O) groups excluding carboxylic acids is 1. The molecule has 0 bridgehead atoms. The number of benzene rings is 2. The van der Waals surface area contributed by atoms with Crippen molar-refractivity contribution >= 4 is 11.6 Å². The Balaban J connectivity index is 2.04. The Kier molecular flexibility index (Phi) is 6.10. The van der Waals surface area contributed by atoms with Gasteiger partial charge in [-0.05, 0) is 43.4 Å². The van der Waals surface area contributed by atoms with Crippen molar-refractivity contribution in [2.75, 3.05) is 11.4 Å². The molecule has 0 unspecified atom stereocenters. The van der Waals surface area contributed by atoms with Crippen LogP contribution in [0.1, 0.15) is 42.4 Å². The first-order valence-electron chi connectivity index (χ1n) is 9.73. The Morgan fingerprint density at radius 2 is 1.58 bits per heavy atom. The highest BCUT2D eigenvalue weighted by Crippen LogP contribution is 2.50. The second kappa shape index (κ2) is 8.18. The topological polar surface area (TPSA) is 40.5 Å². The Morgan fingerprint density at radius 1 is 0.968 bits per heavy atom. The van der Waals surface area contributed by atoms with Gasteiger partial charge in [-0.25, -0.2) is 0 Å². The summed E-state index contributed by atoms with van der Waals surface area (Å²) in [6.45, 7) is 1.99. The van der Waals surface area contributed by atoms with E-state index in [9.17, 15) is 36.2 Å². The number of fused-ring (bicyclic) bond motifs is 1. The molecule has 0 saturated carbocycles. The van der Waals surface area contributed by atoms with Gasteiger partial charge >= 0.3 is 12.4 Å². The Bertz CT molecular complexity index is 925. The summed E-state index contributed by atoms with van der Waals surface area (Å²) in [6, 6.07) is 11.3. The number of halogens is 6. The molecule has 1 aliphatic rings. The van der Waals surface area contributed by atoms with Crippen molar-refractivity contribution in [1.29, 1.82) is 0 Å². The van der Waals surface area contributed by atoms with Crippen LogP contribution in [0.4, 0.5) is 32.0 Å². The van der Waals surface area contributed by atoms with Crippen LogP contribution >= 0.6 is 0 Å². The van der Waals surface area contributed by atoms with Gasteiger partial charge in [0.25, 0.3) is 5.60 Å². The van der Waals surface area contributed by atoms with Crippen LogP contribution in [0.2, 0.25) is 0 Å². The van der Waals surface area contributed by atoms with Gasteiger partial charge in [0, 0.05) is 17.8 Å². The number of aryl methyl sites for hydroxylation is 1. The minimum atomic E-state index is -5.96. The molecule has 0 radical (unpaired) electrons. The molecular formula is C22H21F6NO2. The monoisotopic (exact) mass is 445 g/mol. The molecule has 0 aliphatic carbocycles. The molecule has 9 heteroatoms. The zero-order valence-electron chi connectivity index (χ0n) is 16.6. The van der Waals surface area contributed by atoms with Gasteiger partial charge < -0.3 is 10.0 Å². The van der Waals surface area contributed by atoms with E-state index in [1.807, 2.05) is 0 Å². The van der Waals surface area contributed by atoms with E-state index in [0.717, 1.165) is 17.7 Å². The van der Waals surface area contributed by atoms with Crippen LogP contribution in [0, 0.1) is 0 Å². The molecule has 168 valence electrons. The molecule has 0 fully saturated rings. The first-order chi connectivity index (χ1) is 14.4. The largest absolute Gasteiger partial charge is 0.430 e. The Morgan fingerprint density at radius 3 is 2.16 bits per heavy atom. The third-order valence-corrected chi connectivity index (χ3v) is 5.62. The first-order valence-corrected chi connectivity index (χ1v) is 9.73. The minimum Gasteiger partial charge on any atom is -0.369 e. The van der Waals surface area contributed by atoms with Gasteiger partial charge in [-0.1, -0.05) is 42.5 Å². The molecule has 2 aromatic rings. The lowest BCUT2D eigenvalue weighted by Gasteiger charge is -2.33. The zero-order valence-corrected chi connectivity index (χ0v) is 16.6. The van der Waals surface area contributed by atoms with Crippen LogP contribution in [0.5, 0.6) is 0 Å². The number of nitrogens with zero attached hydrogens (tertiary/aromatic N) is 1. The number of alkyl halides is 6. The molecule has 1 heterocycles. The first kappa shape index (κ1) is 23.1. The lowest BCUT2D eigenvalue weighted by atomic mass is 9.89. The summed E-state index contributed by atoms with van der Waals surface area (Å²) in [4.78, 5) is 14.5. The van der Waals surface area contributed by atoms with E-state index in [1.165, 1.54) is 4.90 Å². The average molecular weight is 445 g/mol. The fourth-order valence-electron chi connectivity index (χ4n) is 3.81. The summed E-state index contributed by atoms with van der Waals surface area (Å²) in [5.74, 6) is -0.849. The molecule has 0 saturated heterocycles. The second-order valence-electron chi connectivity index (χ2n) is 7.63. The minimum absolute atomic E-state index is 0.163. The van der Waals surface area contributed by atoms with E-state index in [-0.39, 0.29) is 23.6 Å². The number of hydrogen-bond acceptors (Lipinski definition) is 2. The van der Waals surface area contributed by atoms with Crippen molar-refractivity contribution in [3.05, 3.63) is 65.2 Å². The van der Waals surface area contributed by atoms with Crippen molar-refractivity contribution < 1.29 is 36.2 Å². The van der Waals surface area contributed by atoms with E-state index in [2.05, 4.69) is 0 Å². The molecule has 1 amide bonds. The van der Waals surface area contributed by atoms with E-state index < -0.39 is 29.4 Å². The second-order valence-corrected chi connectivity index (χ2v) is 7.63. The third kappa shape index (κ3) is 4.15. The quantitative estimate of drug-likeness (QED) is 0.637. The van der Waals surface area contributed by atoms with Crippen LogP contribution in [0.15, 0.2) is 48.5 Å². The number of carbonyl (C=O) groups is 1. The number of aliphatic hydroxyl groups is 1. The van der Waals surface area contributed by atoms with Crippen LogP contribution in [0.3, 0.4) is 0 Å². The van der Waals surface area contributed by atoms with Crippen molar-refractivity contribution in [2.45, 2.75) is 50.1 Å². The zero-order chi connectivity index (χ0) is 23.0. The highest BCUT2D eigenvalue weighted by atomic mass is 19.4. The van der Waals surface area contributed by atoms with E-state index >= 15 is 0 Å². The molecule has 1 aliphatic heterocycles. The highest BCUT2D eigenvalue weighted by molar-refractivity contribution is 5.98. The smallest absolute Gasteiger partial charge is 0.369 e. The number of anilines is 1. The maximum absolute atomic E-state index is 13.3. The van der Waals surface area contributed by atoms with Crippen LogP contribution < -0.4 is 4.90 Å². The summed E-state index contributed by atoms with van der Waals surface area (Å²) in [7, 11) is 0. The van der Waals surface area contributed by atoms with Crippen LogP contribution in [-0.4, -0.2) is 29.9 Å². The van der Waals surface area contributed by atoms with Crippen molar-refractivity contribution in [3.63, 3.8) is 0 Å². The maximum atomic E-state index is 13.3. The Hall–Kier alpha value is -2.55. The fourth-order valence-corrected chi connectivity index (χ4v) is 3.81. The molecule has 2 aromatic carbocycles. The summed E-state index contributed by atoms with van der Waals surface area (Å²) in [6.07, 6.45) is -10.7. The highest BCUT2D eigenvalue weighted by Gasteiger charge is 2.71. The van der Waals surface area contributed by atoms with Gasteiger partial charge in [-0.15, -0.1) is 0 Å². The lowest BCUT2D eigenvalue weighted by molar-refractivity contribution is -0.376. The van der Waals surface area contributed by atoms with Gasteiger partial charge in [0.15, 0.2) is 0 Å². The summed E-state index contributed by atoms with van der Waals surface area (Å²) < 4.78 is 79.6. The van der Waals surface area contributed by atoms with Crippen molar-refractivity contribution in [2.24, 2.45) is 0 Å². The van der Waals surface area contributed by atoms with Crippen molar-refractivity contribution in [1.82, 2.24) is 0 Å². The third-order valence-electron chi connectivity index (χ3n) is 5.62. The molecule has 1 atom stereocenters. The summed E-state index contributed by atoms with van der Waals surface area (Å²) >= 11 is 0. The average Bonchev–Trinajstić information content (AvgIpc) is 2.93. The van der Waals surface area contributed by atoms with Gasteiger partial charge in [-0.3, -0.25) is 4.79 Å². The normalized spacial score (nSPS) is 16.5. The molecule has 31 heavy (non-hydrogen) atoms. The van der Waals surface area contributed by atoms with E-state index in [1.54, 1.807) is 37.3 Å². The van der Waals surface area contributed by atoms with Crippen LogP contribution in [0.25, 0.3) is 0 Å². The number of rotatable bonds is 3. The summed E-state index contributed by atoms with van der Waals surface area (Å²) in [5, 5.41) is 9.71. The lowest BCUT2D eigenvalue weighted by Crippen LogP contribution is -2.54. The number of amides is 1. The van der Waals surface area contributed by atoms with Gasteiger partial charge in [0.05, 0.1) is 5.92 Å². The Labute approximate surface area is 175 Å².